The average molecular weight is 331 g/mol. The van der Waals surface area contributed by atoms with E-state index in [2.05, 4.69) is 33.2 Å². The zero-order chi connectivity index (χ0) is 13.9. The number of benzene rings is 1. The minimum absolute atomic E-state index is 0.679. The number of nitrogens with zero attached hydrogens (tertiary/aromatic N) is 1. The van der Waals surface area contributed by atoms with Gasteiger partial charge < -0.3 is 19.7 Å². The maximum absolute atomic E-state index is 5.63. The molecule has 0 atom stereocenters. The second-order valence-corrected chi connectivity index (χ2v) is 5.27. The maximum Gasteiger partial charge on any atom is 0.120 e. The van der Waals surface area contributed by atoms with Gasteiger partial charge in [-0.25, -0.2) is 0 Å². The van der Waals surface area contributed by atoms with Crippen molar-refractivity contribution in [2.24, 2.45) is 0 Å². The smallest absolute Gasteiger partial charge is 0.120 e. The van der Waals surface area contributed by atoms with Gasteiger partial charge in [0.05, 0.1) is 6.61 Å². The van der Waals surface area contributed by atoms with E-state index in [1.807, 2.05) is 24.3 Å². The molecular weight excluding hydrogens is 308 g/mol. The van der Waals surface area contributed by atoms with Gasteiger partial charge in [-0.2, -0.15) is 0 Å². The highest BCUT2D eigenvalue weighted by Crippen LogP contribution is 2.17. The van der Waals surface area contributed by atoms with Gasteiger partial charge in [-0.05, 0) is 25.2 Å². The molecule has 0 saturated carbocycles. The van der Waals surface area contributed by atoms with Crippen LogP contribution in [0.25, 0.3) is 0 Å². The van der Waals surface area contributed by atoms with Gasteiger partial charge >= 0.3 is 0 Å². The predicted octanol–water partition coefficient (Wildman–Crippen LogP) is 2.00. The Morgan fingerprint density at radius 3 is 2.79 bits per heavy atom. The molecule has 0 unspecified atom stereocenters. The van der Waals surface area contributed by atoms with Crippen molar-refractivity contribution in [2.75, 3.05) is 53.6 Å². The first kappa shape index (κ1) is 16.4. The Morgan fingerprint density at radius 2 is 2.05 bits per heavy atom. The fraction of sp³-hybridized carbons (Fsp3) is 0.571. The number of methoxy groups -OCH3 is 1. The molecular formula is C14H23BrN2O2. The first-order chi connectivity index (χ1) is 9.22. The van der Waals surface area contributed by atoms with Crippen molar-refractivity contribution >= 4 is 15.9 Å². The van der Waals surface area contributed by atoms with Crippen LogP contribution >= 0.6 is 15.9 Å². The summed E-state index contributed by atoms with van der Waals surface area (Å²) in [6, 6.07) is 7.89. The Hall–Kier alpha value is -0.620. The lowest BCUT2D eigenvalue weighted by Gasteiger charge is -2.16. The molecule has 0 spiro atoms. The lowest BCUT2D eigenvalue weighted by Crippen LogP contribution is -2.33. The van der Waals surface area contributed by atoms with Crippen LogP contribution in [0.3, 0.4) is 0 Å². The largest absolute Gasteiger partial charge is 0.492 e. The third-order valence-electron chi connectivity index (χ3n) is 2.69. The third kappa shape index (κ3) is 8.21. The van der Waals surface area contributed by atoms with Gasteiger partial charge in [0, 0.05) is 37.8 Å². The van der Waals surface area contributed by atoms with Gasteiger partial charge in [0.2, 0.25) is 0 Å². The van der Waals surface area contributed by atoms with Crippen molar-refractivity contribution in [3.63, 3.8) is 0 Å². The number of rotatable bonds is 10. The molecule has 108 valence electrons. The van der Waals surface area contributed by atoms with Crippen molar-refractivity contribution in [2.45, 2.75) is 0 Å². The Morgan fingerprint density at radius 1 is 1.21 bits per heavy atom. The zero-order valence-corrected chi connectivity index (χ0v) is 13.3. The van der Waals surface area contributed by atoms with Crippen molar-refractivity contribution in [3.8, 4) is 5.75 Å². The molecule has 0 amide bonds. The van der Waals surface area contributed by atoms with Crippen LogP contribution in [-0.2, 0) is 4.74 Å². The van der Waals surface area contributed by atoms with Crippen LogP contribution in [0.5, 0.6) is 5.75 Å². The van der Waals surface area contributed by atoms with Crippen LogP contribution < -0.4 is 10.1 Å². The van der Waals surface area contributed by atoms with E-state index in [-0.39, 0.29) is 0 Å². The number of hydrogen-bond acceptors (Lipinski definition) is 4. The quantitative estimate of drug-likeness (QED) is 0.665. The number of hydrogen-bond donors (Lipinski definition) is 1. The van der Waals surface area contributed by atoms with Crippen LogP contribution in [-0.4, -0.2) is 58.5 Å². The second kappa shape index (κ2) is 10.2. The van der Waals surface area contributed by atoms with Gasteiger partial charge in [0.1, 0.15) is 12.4 Å². The summed E-state index contributed by atoms with van der Waals surface area (Å²) in [5.41, 5.74) is 0. The van der Waals surface area contributed by atoms with Crippen LogP contribution in [0, 0.1) is 0 Å². The molecule has 19 heavy (non-hydrogen) atoms. The highest BCUT2D eigenvalue weighted by atomic mass is 79.9. The summed E-state index contributed by atoms with van der Waals surface area (Å²) in [6.07, 6.45) is 0. The summed E-state index contributed by atoms with van der Waals surface area (Å²) in [4.78, 5) is 2.24. The summed E-state index contributed by atoms with van der Waals surface area (Å²) in [5.74, 6) is 0.897. The third-order valence-corrected chi connectivity index (χ3v) is 3.18. The lowest BCUT2D eigenvalue weighted by atomic mass is 10.3. The van der Waals surface area contributed by atoms with E-state index in [4.69, 9.17) is 9.47 Å². The van der Waals surface area contributed by atoms with Gasteiger partial charge in [-0.3, -0.25) is 0 Å². The fourth-order valence-corrected chi connectivity index (χ4v) is 1.93. The van der Waals surface area contributed by atoms with Crippen molar-refractivity contribution < 1.29 is 9.47 Å². The van der Waals surface area contributed by atoms with Crippen LogP contribution in [0.2, 0.25) is 0 Å². The molecule has 0 bridgehead atoms. The van der Waals surface area contributed by atoms with Crippen LogP contribution in [0.4, 0.5) is 0 Å². The van der Waals surface area contributed by atoms with E-state index < -0.39 is 0 Å². The highest BCUT2D eigenvalue weighted by molar-refractivity contribution is 9.10. The van der Waals surface area contributed by atoms with E-state index in [1.54, 1.807) is 7.11 Å². The van der Waals surface area contributed by atoms with Gasteiger partial charge in [-0.15, -0.1) is 0 Å². The summed E-state index contributed by atoms with van der Waals surface area (Å²) < 4.78 is 11.7. The Bertz CT molecular complexity index is 350. The molecule has 0 fully saturated rings. The Labute approximate surface area is 124 Å². The van der Waals surface area contributed by atoms with E-state index in [1.165, 1.54) is 0 Å². The van der Waals surface area contributed by atoms with Crippen LogP contribution in [0.15, 0.2) is 28.7 Å². The first-order valence-corrected chi connectivity index (χ1v) is 7.28. The van der Waals surface area contributed by atoms with E-state index in [0.717, 1.165) is 43.0 Å². The molecule has 0 aliphatic rings. The van der Waals surface area contributed by atoms with E-state index in [9.17, 15) is 0 Å². The van der Waals surface area contributed by atoms with Crippen molar-refractivity contribution in [1.82, 2.24) is 10.2 Å². The normalized spacial score (nSPS) is 10.9. The average Bonchev–Trinajstić information content (AvgIpc) is 2.40. The Kier molecular flexibility index (Phi) is 8.82. The van der Waals surface area contributed by atoms with Gasteiger partial charge in [-0.1, -0.05) is 22.0 Å². The molecule has 5 heteroatoms. The summed E-state index contributed by atoms with van der Waals surface area (Å²) in [5, 5.41) is 3.36. The molecule has 0 aliphatic carbocycles. The summed E-state index contributed by atoms with van der Waals surface area (Å²) in [6.45, 7) is 5.25. The number of nitrogens with one attached hydrogen (secondary N) is 1. The molecule has 0 radical (unpaired) electrons. The molecule has 0 aliphatic heterocycles. The lowest BCUT2D eigenvalue weighted by molar-refractivity contribution is 0.161. The zero-order valence-electron chi connectivity index (χ0n) is 11.7. The van der Waals surface area contributed by atoms with E-state index >= 15 is 0 Å². The molecule has 1 aromatic rings. The monoisotopic (exact) mass is 330 g/mol. The standard InChI is InChI=1S/C14H23BrN2O2/c1-17(9-11-18-2)8-6-16-7-10-19-14-5-3-4-13(15)12-14/h3-5,12,16H,6-11H2,1-2H3. The molecule has 1 rings (SSSR count). The molecule has 1 aromatic carbocycles. The Balaban J connectivity index is 1.99. The second-order valence-electron chi connectivity index (χ2n) is 4.35. The van der Waals surface area contributed by atoms with Crippen molar-refractivity contribution in [3.05, 3.63) is 28.7 Å². The highest BCUT2D eigenvalue weighted by Gasteiger charge is 1.97. The van der Waals surface area contributed by atoms with Gasteiger partial charge in [0.15, 0.2) is 0 Å². The fourth-order valence-electron chi connectivity index (χ4n) is 1.55. The van der Waals surface area contributed by atoms with E-state index in [0.29, 0.717) is 6.61 Å². The molecule has 4 nitrogen and oxygen atoms in total. The number of halogens is 1. The summed E-state index contributed by atoms with van der Waals surface area (Å²) >= 11 is 3.42. The number of likely N-dealkylation sites (N-methyl/N-ethyl adjacent to an activating group) is 1. The predicted molar refractivity (Wildman–Crippen MR) is 81.9 cm³/mol. The summed E-state index contributed by atoms with van der Waals surface area (Å²) in [7, 11) is 3.82. The van der Waals surface area contributed by atoms with Gasteiger partial charge in [0.25, 0.3) is 0 Å². The molecule has 0 aromatic heterocycles. The van der Waals surface area contributed by atoms with Crippen molar-refractivity contribution in [1.29, 1.82) is 0 Å². The molecule has 1 N–H and O–H groups in total. The number of ether oxygens (including phenoxy) is 2. The SMILES string of the molecule is COCCN(C)CCNCCOc1cccc(Br)c1. The van der Waals surface area contributed by atoms with Crippen LogP contribution in [0.1, 0.15) is 0 Å². The minimum atomic E-state index is 0.679. The topological polar surface area (TPSA) is 33.7 Å². The first-order valence-electron chi connectivity index (χ1n) is 6.49. The molecule has 0 saturated heterocycles. The minimum Gasteiger partial charge on any atom is -0.492 e. The maximum atomic E-state index is 5.63. The molecule has 0 heterocycles.